The lowest BCUT2D eigenvalue weighted by molar-refractivity contribution is -0.160. The van der Waals surface area contributed by atoms with Gasteiger partial charge in [-0.2, -0.15) is 0 Å². The predicted octanol–water partition coefficient (Wildman–Crippen LogP) is 9.56. The van der Waals surface area contributed by atoms with E-state index >= 15 is 0 Å². The molecule has 2 atom stereocenters. The van der Waals surface area contributed by atoms with E-state index < -0.39 is 0 Å². The van der Waals surface area contributed by atoms with E-state index in [0.717, 1.165) is 36.7 Å². The zero-order valence-electron chi connectivity index (χ0n) is 24.5. The second-order valence-corrected chi connectivity index (χ2v) is 12.0. The van der Waals surface area contributed by atoms with Crippen molar-refractivity contribution >= 4 is 5.76 Å². The minimum atomic E-state index is -0.204. The molecule has 0 spiro atoms. The Kier molecular flexibility index (Phi) is 10.4. The Hall–Kier alpha value is -2.26. The van der Waals surface area contributed by atoms with Crippen molar-refractivity contribution in [3.63, 3.8) is 0 Å². The minimum Gasteiger partial charge on any atom is -0.491 e. The zero-order valence-corrected chi connectivity index (χ0v) is 24.5. The normalized spacial score (nSPS) is 23.2. The molecule has 0 aliphatic heterocycles. The Labute approximate surface area is 232 Å². The van der Waals surface area contributed by atoms with Crippen LogP contribution in [0.1, 0.15) is 109 Å². The fourth-order valence-electron chi connectivity index (χ4n) is 6.80. The Morgan fingerprint density at radius 3 is 2.26 bits per heavy atom. The van der Waals surface area contributed by atoms with Crippen molar-refractivity contribution in [1.29, 1.82) is 0 Å². The van der Waals surface area contributed by atoms with E-state index in [-0.39, 0.29) is 11.7 Å². The monoisotopic (exact) mass is 518 g/mol. The molecule has 0 aromatic heterocycles. The largest absolute Gasteiger partial charge is 0.491 e. The molecular formula is C35H50O3. The summed E-state index contributed by atoms with van der Waals surface area (Å²) in [6, 6.07) is 17.4. The Bertz CT molecular complexity index is 1010. The van der Waals surface area contributed by atoms with Crippen LogP contribution in [0.5, 0.6) is 5.75 Å². The average Bonchev–Trinajstić information content (AvgIpc) is 3.55. The number of ether oxygens (including phenoxy) is 3. The molecule has 2 aromatic carbocycles. The summed E-state index contributed by atoms with van der Waals surface area (Å²) in [5.74, 6) is 4.01. The van der Waals surface area contributed by atoms with Crippen LogP contribution in [0.2, 0.25) is 0 Å². The minimum absolute atomic E-state index is 0.157. The zero-order chi connectivity index (χ0) is 27.0. The van der Waals surface area contributed by atoms with Gasteiger partial charge in [0.2, 0.25) is 6.29 Å². The SMILES string of the molecule is CCC.CCC(c1ccc(OC(OCCOC2=CCCc3ccccc32)C23CCC(CC2)C3)cc1)C(C)C. The second-order valence-electron chi connectivity index (χ2n) is 12.0. The van der Waals surface area contributed by atoms with E-state index in [1.807, 2.05) is 0 Å². The highest BCUT2D eigenvalue weighted by molar-refractivity contribution is 5.65. The first-order valence-corrected chi connectivity index (χ1v) is 15.3. The van der Waals surface area contributed by atoms with Crippen LogP contribution in [-0.2, 0) is 15.9 Å². The third kappa shape index (κ3) is 6.84. The molecule has 0 N–H and O–H groups in total. The van der Waals surface area contributed by atoms with Crippen LogP contribution in [0.3, 0.4) is 0 Å². The molecule has 5 rings (SSSR count). The molecule has 2 bridgehead atoms. The number of hydrogen-bond donors (Lipinski definition) is 0. The summed E-state index contributed by atoms with van der Waals surface area (Å²) < 4.78 is 19.3. The number of hydrogen-bond acceptors (Lipinski definition) is 3. The maximum atomic E-state index is 6.60. The summed E-state index contributed by atoms with van der Waals surface area (Å²) in [7, 11) is 0. The summed E-state index contributed by atoms with van der Waals surface area (Å²) in [5, 5.41) is 0. The summed E-state index contributed by atoms with van der Waals surface area (Å²) in [6.07, 6.45) is 12.8. The number of aryl methyl sites for hydroxylation is 1. The Balaban J connectivity index is 0.00000107. The molecule has 3 aliphatic carbocycles. The van der Waals surface area contributed by atoms with Gasteiger partial charge in [-0.1, -0.05) is 77.4 Å². The Morgan fingerprint density at radius 2 is 1.63 bits per heavy atom. The molecule has 38 heavy (non-hydrogen) atoms. The Morgan fingerprint density at radius 1 is 0.921 bits per heavy atom. The number of rotatable bonds is 11. The molecule has 208 valence electrons. The maximum absolute atomic E-state index is 6.60. The predicted molar refractivity (Wildman–Crippen MR) is 158 cm³/mol. The van der Waals surface area contributed by atoms with E-state index in [1.54, 1.807) is 0 Å². The van der Waals surface area contributed by atoms with Crippen LogP contribution in [0.25, 0.3) is 5.76 Å². The smallest absolute Gasteiger partial charge is 0.205 e. The van der Waals surface area contributed by atoms with Gasteiger partial charge in [-0.15, -0.1) is 0 Å². The summed E-state index contributed by atoms with van der Waals surface area (Å²) in [4.78, 5) is 0. The quantitative estimate of drug-likeness (QED) is 0.219. The first-order chi connectivity index (χ1) is 18.5. The van der Waals surface area contributed by atoms with Crippen LogP contribution in [-0.4, -0.2) is 19.5 Å². The van der Waals surface area contributed by atoms with Gasteiger partial charge in [0.05, 0.1) is 6.61 Å². The molecule has 2 unspecified atom stereocenters. The molecule has 0 amide bonds. The van der Waals surface area contributed by atoms with Gasteiger partial charge in [-0.05, 0) is 98.5 Å². The van der Waals surface area contributed by atoms with Gasteiger partial charge in [-0.3, -0.25) is 0 Å². The third-order valence-corrected chi connectivity index (χ3v) is 8.73. The van der Waals surface area contributed by atoms with Crippen molar-refractivity contribution in [3.05, 3.63) is 71.3 Å². The summed E-state index contributed by atoms with van der Waals surface area (Å²) >= 11 is 0. The average molecular weight is 519 g/mol. The standard InChI is InChI=1S/C32H42O3.C3H8/c1-4-28(23(2)3)26-12-14-27(15-13-26)35-31(32-18-16-24(22-32)17-19-32)34-21-20-33-30-11-7-9-25-8-5-6-10-29(25)30;1-3-2/h5-6,8,10-15,23-24,28,31H,4,7,9,16-22H2,1-3H3;3H2,1-2H3. The first-order valence-electron chi connectivity index (χ1n) is 15.3. The molecule has 3 nitrogen and oxygen atoms in total. The van der Waals surface area contributed by atoms with E-state index in [2.05, 4.69) is 89.2 Å². The molecule has 0 heterocycles. The highest BCUT2D eigenvalue weighted by atomic mass is 16.7. The third-order valence-electron chi connectivity index (χ3n) is 8.73. The molecule has 3 aliphatic rings. The topological polar surface area (TPSA) is 27.7 Å². The summed E-state index contributed by atoms with van der Waals surface area (Å²) in [5.41, 5.74) is 4.16. The van der Waals surface area contributed by atoms with Gasteiger partial charge in [0.25, 0.3) is 0 Å². The number of benzene rings is 2. The van der Waals surface area contributed by atoms with Crippen LogP contribution in [0.15, 0.2) is 54.6 Å². The van der Waals surface area contributed by atoms with Gasteiger partial charge < -0.3 is 14.2 Å². The highest BCUT2D eigenvalue weighted by Gasteiger charge is 2.51. The van der Waals surface area contributed by atoms with Gasteiger partial charge in [0, 0.05) is 11.0 Å². The van der Waals surface area contributed by atoms with Crippen molar-refractivity contribution in [2.45, 2.75) is 105 Å². The summed E-state index contributed by atoms with van der Waals surface area (Å²) in [6.45, 7) is 12.2. The van der Waals surface area contributed by atoms with E-state index in [1.165, 1.54) is 55.2 Å². The maximum Gasteiger partial charge on any atom is 0.205 e. The van der Waals surface area contributed by atoms with Crippen LogP contribution in [0.4, 0.5) is 0 Å². The van der Waals surface area contributed by atoms with Gasteiger partial charge in [0.15, 0.2) is 0 Å². The fraction of sp³-hybridized carbons (Fsp3) is 0.600. The van der Waals surface area contributed by atoms with Crippen LogP contribution in [0, 0.1) is 17.3 Å². The molecule has 0 saturated heterocycles. The number of allylic oxidation sites excluding steroid dienone is 1. The van der Waals surface area contributed by atoms with E-state index in [4.69, 9.17) is 14.2 Å². The fourth-order valence-corrected chi connectivity index (χ4v) is 6.80. The lowest BCUT2D eigenvalue weighted by atomic mass is 9.83. The highest BCUT2D eigenvalue weighted by Crippen LogP contribution is 2.57. The van der Waals surface area contributed by atoms with Crippen LogP contribution >= 0.6 is 0 Å². The van der Waals surface area contributed by atoms with Crippen molar-refractivity contribution in [1.82, 2.24) is 0 Å². The van der Waals surface area contributed by atoms with Crippen molar-refractivity contribution < 1.29 is 14.2 Å². The van der Waals surface area contributed by atoms with Crippen LogP contribution < -0.4 is 4.74 Å². The van der Waals surface area contributed by atoms with Crippen molar-refractivity contribution in [2.24, 2.45) is 17.3 Å². The van der Waals surface area contributed by atoms with E-state index in [0.29, 0.717) is 25.0 Å². The lowest BCUT2D eigenvalue weighted by Crippen LogP contribution is -2.39. The van der Waals surface area contributed by atoms with Gasteiger partial charge in [0.1, 0.15) is 18.1 Å². The molecule has 2 aromatic rings. The molecule has 2 fully saturated rings. The molecule has 3 heteroatoms. The molecular weight excluding hydrogens is 468 g/mol. The second kappa shape index (κ2) is 13.7. The number of fused-ring (bicyclic) bond motifs is 3. The van der Waals surface area contributed by atoms with E-state index in [9.17, 15) is 0 Å². The first kappa shape index (κ1) is 28.7. The molecule has 0 radical (unpaired) electrons. The van der Waals surface area contributed by atoms with Crippen molar-refractivity contribution in [2.75, 3.05) is 13.2 Å². The molecule has 2 saturated carbocycles. The van der Waals surface area contributed by atoms with Gasteiger partial charge >= 0.3 is 0 Å². The van der Waals surface area contributed by atoms with Gasteiger partial charge in [-0.25, -0.2) is 0 Å². The lowest BCUT2D eigenvalue weighted by Gasteiger charge is -2.35. The van der Waals surface area contributed by atoms with Crippen molar-refractivity contribution in [3.8, 4) is 5.75 Å².